The highest BCUT2D eigenvalue weighted by Gasteiger charge is 2.42. The fourth-order valence-corrected chi connectivity index (χ4v) is 3.45. The molecular formula is C23H26N2O3. The van der Waals surface area contributed by atoms with Crippen LogP contribution in [0.1, 0.15) is 49.0 Å². The predicted octanol–water partition coefficient (Wildman–Crippen LogP) is 3.99. The van der Waals surface area contributed by atoms with E-state index in [1.54, 1.807) is 19.2 Å². The number of amidine groups is 1. The van der Waals surface area contributed by atoms with Gasteiger partial charge >= 0.3 is 0 Å². The molecule has 0 radical (unpaired) electrons. The van der Waals surface area contributed by atoms with Crippen molar-refractivity contribution in [2.24, 2.45) is 10.9 Å². The Morgan fingerprint density at radius 2 is 1.71 bits per heavy atom. The van der Waals surface area contributed by atoms with E-state index in [0.717, 1.165) is 11.3 Å². The number of ketones is 1. The summed E-state index contributed by atoms with van der Waals surface area (Å²) in [4.78, 5) is 30.3. The van der Waals surface area contributed by atoms with Crippen molar-refractivity contribution in [3.05, 3.63) is 65.7 Å². The molecule has 0 bridgehead atoms. The molecule has 1 N–H and O–H groups in total. The third-order valence-electron chi connectivity index (χ3n) is 4.72. The lowest BCUT2D eigenvalue weighted by Crippen LogP contribution is -2.26. The second-order valence-electron chi connectivity index (χ2n) is 8.01. The zero-order valence-electron chi connectivity index (χ0n) is 16.7. The van der Waals surface area contributed by atoms with Crippen molar-refractivity contribution in [3.63, 3.8) is 0 Å². The first-order valence-corrected chi connectivity index (χ1v) is 9.41. The molecule has 1 aliphatic heterocycles. The minimum atomic E-state index is -0.498. The summed E-state index contributed by atoms with van der Waals surface area (Å²) in [5.74, 6) is 0.373. The van der Waals surface area contributed by atoms with Crippen LogP contribution in [0.2, 0.25) is 0 Å². The molecule has 1 saturated heterocycles. The molecule has 1 fully saturated rings. The molecule has 1 amide bonds. The Labute approximate surface area is 165 Å². The van der Waals surface area contributed by atoms with E-state index in [4.69, 9.17) is 9.73 Å². The summed E-state index contributed by atoms with van der Waals surface area (Å²) in [6.07, 6.45) is 0.135. The summed E-state index contributed by atoms with van der Waals surface area (Å²) >= 11 is 0. The number of nitrogens with one attached hydrogen (secondary N) is 1. The van der Waals surface area contributed by atoms with Crippen molar-refractivity contribution >= 4 is 17.5 Å². The second kappa shape index (κ2) is 7.97. The highest BCUT2D eigenvalue weighted by Crippen LogP contribution is 2.35. The monoisotopic (exact) mass is 378 g/mol. The Morgan fingerprint density at radius 1 is 1.07 bits per heavy atom. The standard InChI is InChI=1S/C23H26N2O3/c1-23(2,3)25-21-20(16-10-12-17(28-4)13-11-16)18(22(27)24-21)14-19(26)15-8-6-5-7-9-15/h5-13,18,20H,14H2,1-4H3,(H,24,25,27). The van der Waals surface area contributed by atoms with Gasteiger partial charge in [-0.2, -0.15) is 0 Å². The lowest BCUT2D eigenvalue weighted by molar-refractivity contribution is -0.122. The van der Waals surface area contributed by atoms with Crippen molar-refractivity contribution < 1.29 is 14.3 Å². The summed E-state index contributed by atoms with van der Waals surface area (Å²) in [7, 11) is 1.61. The Balaban J connectivity index is 1.97. The molecule has 5 nitrogen and oxygen atoms in total. The number of hydrogen-bond donors (Lipinski definition) is 1. The smallest absolute Gasteiger partial charge is 0.229 e. The molecule has 0 aliphatic carbocycles. The number of amides is 1. The van der Waals surface area contributed by atoms with E-state index in [-0.39, 0.29) is 29.6 Å². The van der Waals surface area contributed by atoms with Crippen LogP contribution in [-0.2, 0) is 4.79 Å². The van der Waals surface area contributed by atoms with Crippen LogP contribution in [0.15, 0.2) is 59.6 Å². The van der Waals surface area contributed by atoms with Gasteiger partial charge in [0.1, 0.15) is 11.6 Å². The number of methoxy groups -OCH3 is 1. The molecule has 0 spiro atoms. The number of ether oxygens (including phenoxy) is 1. The van der Waals surface area contributed by atoms with Crippen LogP contribution in [0.5, 0.6) is 5.75 Å². The molecule has 2 unspecified atom stereocenters. The first-order chi connectivity index (χ1) is 13.3. The second-order valence-corrected chi connectivity index (χ2v) is 8.01. The number of carbonyl (C=O) groups is 2. The predicted molar refractivity (Wildman–Crippen MR) is 110 cm³/mol. The van der Waals surface area contributed by atoms with Gasteiger partial charge < -0.3 is 10.1 Å². The number of aliphatic imine (C=N–C) groups is 1. The molecule has 2 aromatic rings. The zero-order chi connectivity index (χ0) is 20.3. The van der Waals surface area contributed by atoms with Gasteiger partial charge in [-0.05, 0) is 38.5 Å². The van der Waals surface area contributed by atoms with Crippen LogP contribution in [0.25, 0.3) is 0 Å². The van der Waals surface area contributed by atoms with Crippen LogP contribution < -0.4 is 10.1 Å². The zero-order valence-corrected chi connectivity index (χ0v) is 16.7. The van der Waals surface area contributed by atoms with Crippen LogP contribution in [0.3, 0.4) is 0 Å². The van der Waals surface area contributed by atoms with Gasteiger partial charge in [-0.1, -0.05) is 42.5 Å². The largest absolute Gasteiger partial charge is 0.497 e. The number of nitrogens with zero attached hydrogens (tertiary/aromatic N) is 1. The quantitative estimate of drug-likeness (QED) is 0.800. The van der Waals surface area contributed by atoms with Crippen LogP contribution >= 0.6 is 0 Å². The molecular weight excluding hydrogens is 352 g/mol. The maximum atomic E-state index is 12.8. The minimum Gasteiger partial charge on any atom is -0.497 e. The van der Waals surface area contributed by atoms with Gasteiger partial charge in [0.05, 0.1) is 24.5 Å². The molecule has 0 aromatic heterocycles. The van der Waals surface area contributed by atoms with Gasteiger partial charge in [-0.25, -0.2) is 0 Å². The lowest BCUT2D eigenvalue weighted by atomic mass is 9.83. The average Bonchev–Trinajstić information content (AvgIpc) is 2.95. The van der Waals surface area contributed by atoms with E-state index < -0.39 is 5.92 Å². The Kier molecular flexibility index (Phi) is 5.63. The molecule has 1 heterocycles. The highest BCUT2D eigenvalue weighted by atomic mass is 16.5. The number of hydrogen-bond acceptors (Lipinski definition) is 4. The third-order valence-corrected chi connectivity index (χ3v) is 4.72. The van der Waals surface area contributed by atoms with Crippen molar-refractivity contribution in [2.75, 3.05) is 7.11 Å². The summed E-state index contributed by atoms with van der Waals surface area (Å²) in [5, 5.41) is 2.92. The number of carbonyl (C=O) groups excluding carboxylic acids is 2. The molecule has 0 saturated carbocycles. The molecule has 5 heteroatoms. The van der Waals surface area contributed by atoms with Gasteiger partial charge in [-0.15, -0.1) is 0 Å². The summed E-state index contributed by atoms with van der Waals surface area (Å²) in [6.45, 7) is 5.96. The van der Waals surface area contributed by atoms with E-state index in [1.807, 2.05) is 63.2 Å². The Bertz CT molecular complexity index is 880. The molecule has 1 aliphatic rings. The van der Waals surface area contributed by atoms with E-state index >= 15 is 0 Å². The first-order valence-electron chi connectivity index (χ1n) is 9.41. The van der Waals surface area contributed by atoms with E-state index in [9.17, 15) is 9.59 Å². The minimum absolute atomic E-state index is 0.0451. The summed E-state index contributed by atoms with van der Waals surface area (Å²) in [5.41, 5.74) is 1.21. The lowest BCUT2D eigenvalue weighted by Gasteiger charge is -2.20. The topological polar surface area (TPSA) is 67.8 Å². The molecule has 3 rings (SSSR count). The van der Waals surface area contributed by atoms with Gasteiger partial charge in [0.15, 0.2) is 5.78 Å². The van der Waals surface area contributed by atoms with Gasteiger partial charge in [0.2, 0.25) is 5.91 Å². The van der Waals surface area contributed by atoms with Crippen molar-refractivity contribution in [1.82, 2.24) is 5.32 Å². The SMILES string of the molecule is COc1ccc(C2C(=NC(C)(C)C)NC(=O)C2CC(=O)c2ccccc2)cc1. The third kappa shape index (κ3) is 4.47. The van der Waals surface area contributed by atoms with Gasteiger partial charge in [0.25, 0.3) is 0 Å². The number of rotatable bonds is 5. The van der Waals surface area contributed by atoms with E-state index in [0.29, 0.717) is 11.4 Å². The summed E-state index contributed by atoms with van der Waals surface area (Å²) in [6, 6.07) is 16.7. The maximum Gasteiger partial charge on any atom is 0.229 e. The van der Waals surface area contributed by atoms with Crippen LogP contribution in [-0.4, -0.2) is 30.2 Å². The highest BCUT2D eigenvalue weighted by molar-refractivity contribution is 6.12. The van der Waals surface area contributed by atoms with Crippen molar-refractivity contribution in [1.29, 1.82) is 0 Å². The van der Waals surface area contributed by atoms with Crippen molar-refractivity contribution in [3.8, 4) is 5.75 Å². The Hall–Kier alpha value is -2.95. The molecule has 28 heavy (non-hydrogen) atoms. The van der Waals surface area contributed by atoms with E-state index in [2.05, 4.69) is 5.32 Å². The van der Waals surface area contributed by atoms with Gasteiger partial charge in [0, 0.05) is 12.0 Å². The van der Waals surface area contributed by atoms with Crippen LogP contribution in [0.4, 0.5) is 0 Å². The fraction of sp³-hybridized carbons (Fsp3) is 0.348. The fourth-order valence-electron chi connectivity index (χ4n) is 3.45. The first kappa shape index (κ1) is 19.8. The van der Waals surface area contributed by atoms with E-state index in [1.165, 1.54) is 0 Å². The normalized spacial score (nSPS) is 20.9. The van der Waals surface area contributed by atoms with Crippen molar-refractivity contribution in [2.45, 2.75) is 38.6 Å². The van der Waals surface area contributed by atoms with Gasteiger partial charge in [-0.3, -0.25) is 14.6 Å². The number of benzene rings is 2. The van der Waals surface area contributed by atoms with Crippen LogP contribution in [0, 0.1) is 5.92 Å². The molecule has 146 valence electrons. The Morgan fingerprint density at radius 3 is 2.29 bits per heavy atom. The maximum absolute atomic E-state index is 12.8. The number of Topliss-reactive ketones (excluding diaryl/α,β-unsaturated/α-hetero) is 1. The molecule has 2 aromatic carbocycles. The average molecular weight is 378 g/mol. The molecule has 2 atom stereocenters. The summed E-state index contributed by atoms with van der Waals surface area (Å²) < 4.78 is 5.24.